The predicted molar refractivity (Wildman–Crippen MR) is 150 cm³/mol. The van der Waals surface area contributed by atoms with Gasteiger partial charge in [-0.25, -0.2) is 4.79 Å². The largest absolute Gasteiger partial charge is 0.457 e. The molecule has 5 aromatic carbocycles. The van der Waals surface area contributed by atoms with Crippen molar-refractivity contribution in [1.29, 1.82) is 0 Å². The average Bonchev–Trinajstić information content (AvgIpc) is 2.98. The molecule has 0 N–H and O–H groups in total. The van der Waals surface area contributed by atoms with E-state index in [0.717, 1.165) is 16.9 Å². The first-order chi connectivity index (χ1) is 19.0. The lowest BCUT2D eigenvalue weighted by Crippen LogP contribution is -2.05. The maximum absolute atomic E-state index is 12.9. The van der Waals surface area contributed by atoms with Gasteiger partial charge in [-0.1, -0.05) is 48.0 Å². The third kappa shape index (κ3) is 6.79. The smallest absolute Gasteiger partial charge is 0.338 e. The third-order valence-corrected chi connectivity index (χ3v) is 6.03. The molecule has 0 amide bonds. The van der Waals surface area contributed by atoms with E-state index in [9.17, 15) is 9.59 Å². The zero-order chi connectivity index (χ0) is 27.0. The van der Waals surface area contributed by atoms with Crippen LogP contribution in [0.1, 0.15) is 37.4 Å². The van der Waals surface area contributed by atoms with Crippen molar-refractivity contribution in [1.82, 2.24) is 0 Å². The molecule has 39 heavy (non-hydrogen) atoms. The first kappa shape index (κ1) is 25.5. The molecule has 0 radical (unpaired) electrons. The second kappa shape index (κ2) is 11.9. The number of ether oxygens (including phenoxy) is 3. The summed E-state index contributed by atoms with van der Waals surface area (Å²) in [5.74, 6) is 2.05. The van der Waals surface area contributed by atoms with Crippen molar-refractivity contribution in [2.24, 2.45) is 0 Å². The summed E-state index contributed by atoms with van der Waals surface area (Å²) in [5, 5.41) is 0. The lowest BCUT2D eigenvalue weighted by Gasteiger charge is -2.09. The summed E-state index contributed by atoms with van der Waals surface area (Å²) >= 11 is 0. The van der Waals surface area contributed by atoms with Crippen molar-refractivity contribution in [3.63, 3.8) is 0 Å². The highest BCUT2D eigenvalue weighted by Crippen LogP contribution is 2.25. The standard InChI is InChI=1S/C34H26O5/c1-24-7-15-29(16-8-24)38-30-17-9-26(10-18-30)33(35)27-11-19-31(20-12-27)39-32-21-13-28(14-22-32)34(36)37-23-25-5-3-2-4-6-25/h2-22H,23H2,1H3. The highest BCUT2D eigenvalue weighted by atomic mass is 16.5. The van der Waals surface area contributed by atoms with Gasteiger partial charge in [-0.2, -0.15) is 0 Å². The molecule has 0 aromatic heterocycles. The van der Waals surface area contributed by atoms with Crippen LogP contribution in [0, 0.1) is 6.92 Å². The lowest BCUT2D eigenvalue weighted by atomic mass is 10.0. The lowest BCUT2D eigenvalue weighted by molar-refractivity contribution is 0.0472. The van der Waals surface area contributed by atoms with E-state index in [1.54, 1.807) is 72.8 Å². The van der Waals surface area contributed by atoms with Crippen molar-refractivity contribution in [3.8, 4) is 23.0 Å². The van der Waals surface area contributed by atoms with Crippen LogP contribution in [0.3, 0.4) is 0 Å². The molecule has 0 atom stereocenters. The molecule has 0 unspecified atom stereocenters. The Morgan fingerprint density at radius 2 is 0.923 bits per heavy atom. The molecule has 0 aliphatic heterocycles. The average molecular weight is 515 g/mol. The van der Waals surface area contributed by atoms with Gasteiger partial charge in [0.25, 0.3) is 0 Å². The molecule has 0 heterocycles. The number of ketones is 1. The van der Waals surface area contributed by atoms with Crippen LogP contribution in [0.5, 0.6) is 23.0 Å². The molecule has 5 rings (SSSR count). The van der Waals surface area contributed by atoms with Gasteiger partial charge in [0, 0.05) is 11.1 Å². The Bertz CT molecular complexity index is 1540. The number of esters is 1. The van der Waals surface area contributed by atoms with Crippen LogP contribution in [0.4, 0.5) is 0 Å². The number of hydrogen-bond donors (Lipinski definition) is 0. The van der Waals surface area contributed by atoms with Crippen LogP contribution < -0.4 is 9.47 Å². The zero-order valence-electron chi connectivity index (χ0n) is 21.4. The zero-order valence-corrected chi connectivity index (χ0v) is 21.4. The number of carbonyl (C=O) groups excluding carboxylic acids is 2. The van der Waals surface area contributed by atoms with Crippen LogP contribution in [0.25, 0.3) is 0 Å². The fourth-order valence-electron chi connectivity index (χ4n) is 3.86. The second-order valence-corrected chi connectivity index (χ2v) is 8.98. The molecule has 0 bridgehead atoms. The van der Waals surface area contributed by atoms with Crippen molar-refractivity contribution in [2.45, 2.75) is 13.5 Å². The van der Waals surface area contributed by atoms with E-state index in [1.807, 2.05) is 61.5 Å². The molecule has 0 aliphatic rings. The Balaban J connectivity index is 1.15. The minimum absolute atomic E-state index is 0.0956. The molecule has 5 heteroatoms. The molecule has 5 nitrogen and oxygen atoms in total. The molecular formula is C34H26O5. The monoisotopic (exact) mass is 514 g/mol. The Morgan fingerprint density at radius 3 is 1.38 bits per heavy atom. The summed E-state index contributed by atoms with van der Waals surface area (Å²) in [6.07, 6.45) is 0. The van der Waals surface area contributed by atoms with Crippen LogP contribution >= 0.6 is 0 Å². The van der Waals surface area contributed by atoms with Crippen molar-refractivity contribution in [2.75, 3.05) is 0 Å². The van der Waals surface area contributed by atoms with Crippen molar-refractivity contribution < 1.29 is 23.8 Å². The molecule has 0 saturated carbocycles. The quantitative estimate of drug-likeness (QED) is 0.147. The first-order valence-electron chi connectivity index (χ1n) is 12.5. The summed E-state index contributed by atoms with van der Waals surface area (Å²) in [6, 6.07) is 38.1. The van der Waals surface area contributed by atoms with Gasteiger partial charge >= 0.3 is 5.97 Å². The van der Waals surface area contributed by atoms with Crippen LogP contribution in [0.2, 0.25) is 0 Å². The van der Waals surface area contributed by atoms with Gasteiger partial charge in [0.15, 0.2) is 5.78 Å². The maximum Gasteiger partial charge on any atom is 0.338 e. The first-order valence-corrected chi connectivity index (χ1v) is 12.5. The third-order valence-electron chi connectivity index (χ3n) is 6.03. The normalized spacial score (nSPS) is 10.5. The molecular weight excluding hydrogens is 488 g/mol. The van der Waals surface area contributed by atoms with Gasteiger partial charge in [-0.15, -0.1) is 0 Å². The van der Waals surface area contributed by atoms with Crippen molar-refractivity contribution >= 4 is 11.8 Å². The molecule has 0 spiro atoms. The fourth-order valence-corrected chi connectivity index (χ4v) is 3.86. The van der Waals surface area contributed by atoms with E-state index in [1.165, 1.54) is 0 Å². The molecule has 192 valence electrons. The molecule has 0 fully saturated rings. The Hall–Kier alpha value is -5.16. The van der Waals surface area contributed by atoms with Gasteiger partial charge in [-0.05, 0) is 97.4 Å². The van der Waals surface area contributed by atoms with Crippen LogP contribution in [-0.4, -0.2) is 11.8 Å². The Morgan fingerprint density at radius 1 is 0.513 bits per heavy atom. The van der Waals surface area contributed by atoms with Crippen LogP contribution in [-0.2, 0) is 11.3 Å². The highest BCUT2D eigenvalue weighted by molar-refractivity contribution is 6.09. The van der Waals surface area contributed by atoms with Gasteiger partial charge in [-0.3, -0.25) is 4.79 Å². The van der Waals surface area contributed by atoms with E-state index in [4.69, 9.17) is 14.2 Å². The SMILES string of the molecule is Cc1ccc(Oc2ccc(C(=O)c3ccc(Oc4ccc(C(=O)OCc5ccccc5)cc4)cc3)cc2)cc1. The summed E-state index contributed by atoms with van der Waals surface area (Å²) in [5.41, 5.74) is 3.64. The number of carbonyl (C=O) groups is 2. The minimum atomic E-state index is -0.400. The van der Waals surface area contributed by atoms with Gasteiger partial charge < -0.3 is 14.2 Å². The van der Waals surface area contributed by atoms with E-state index in [0.29, 0.717) is 33.9 Å². The van der Waals surface area contributed by atoms with E-state index < -0.39 is 5.97 Å². The van der Waals surface area contributed by atoms with Gasteiger partial charge in [0.05, 0.1) is 5.56 Å². The fraction of sp³-hybridized carbons (Fsp3) is 0.0588. The molecule has 5 aromatic rings. The number of aryl methyl sites for hydroxylation is 1. The number of rotatable bonds is 9. The van der Waals surface area contributed by atoms with E-state index in [-0.39, 0.29) is 12.4 Å². The summed E-state index contributed by atoms with van der Waals surface area (Å²) in [7, 11) is 0. The maximum atomic E-state index is 12.9. The Kier molecular flexibility index (Phi) is 7.79. The van der Waals surface area contributed by atoms with Crippen LogP contribution in [0.15, 0.2) is 127 Å². The van der Waals surface area contributed by atoms with E-state index in [2.05, 4.69) is 0 Å². The molecule has 0 aliphatic carbocycles. The molecule has 0 saturated heterocycles. The number of benzene rings is 5. The summed E-state index contributed by atoms with van der Waals surface area (Å²) in [4.78, 5) is 25.3. The minimum Gasteiger partial charge on any atom is -0.457 e. The second-order valence-electron chi connectivity index (χ2n) is 8.98. The highest BCUT2D eigenvalue weighted by Gasteiger charge is 2.11. The summed E-state index contributed by atoms with van der Waals surface area (Å²) in [6.45, 7) is 2.24. The number of hydrogen-bond acceptors (Lipinski definition) is 5. The summed E-state index contributed by atoms with van der Waals surface area (Å²) < 4.78 is 17.1. The van der Waals surface area contributed by atoms with Gasteiger partial charge in [0.2, 0.25) is 0 Å². The van der Waals surface area contributed by atoms with E-state index >= 15 is 0 Å². The Labute approximate surface area is 227 Å². The van der Waals surface area contributed by atoms with Crippen molar-refractivity contribution in [3.05, 3.63) is 155 Å². The predicted octanol–water partition coefficient (Wildman–Crippen LogP) is 8.17. The topological polar surface area (TPSA) is 61.8 Å². The van der Waals surface area contributed by atoms with Gasteiger partial charge in [0.1, 0.15) is 29.6 Å².